The van der Waals surface area contributed by atoms with Crippen LogP contribution in [0.3, 0.4) is 0 Å². The van der Waals surface area contributed by atoms with Gasteiger partial charge in [-0.05, 0) is 13.0 Å². The first-order chi connectivity index (χ1) is 8.54. The van der Waals surface area contributed by atoms with Gasteiger partial charge in [0.1, 0.15) is 5.75 Å². The van der Waals surface area contributed by atoms with Crippen molar-refractivity contribution in [1.82, 2.24) is 5.32 Å². The lowest BCUT2D eigenvalue weighted by Gasteiger charge is -2.17. The first kappa shape index (κ1) is 14.4. The molecule has 1 N–H and O–H groups in total. The largest absolute Gasteiger partial charge is 0.468 e. The fraction of sp³-hybridized carbons (Fsp3) is 0.417. The van der Waals surface area contributed by atoms with E-state index in [1.54, 1.807) is 25.1 Å². The summed E-state index contributed by atoms with van der Waals surface area (Å²) in [5.74, 6) is -0.327. The van der Waals surface area contributed by atoms with E-state index < -0.39 is 12.6 Å². The standard InChI is InChI=1S/C12H15F2NO3/c1-8(15-7-11(16)17-2)9-5-3-4-6-10(9)18-12(13)14/h3-6,8,12,15H,7H2,1-2H3. The number of esters is 1. The van der Waals surface area contributed by atoms with Crippen LogP contribution in [0.1, 0.15) is 18.5 Å². The fourth-order valence-corrected chi connectivity index (χ4v) is 1.46. The number of para-hydroxylation sites is 1. The third-order valence-corrected chi connectivity index (χ3v) is 2.38. The van der Waals surface area contributed by atoms with Gasteiger partial charge in [0, 0.05) is 11.6 Å². The summed E-state index contributed by atoms with van der Waals surface area (Å²) >= 11 is 0. The monoisotopic (exact) mass is 259 g/mol. The molecule has 0 heterocycles. The van der Waals surface area contributed by atoms with Gasteiger partial charge in [-0.2, -0.15) is 8.78 Å². The lowest BCUT2D eigenvalue weighted by molar-refractivity contribution is -0.139. The number of ether oxygens (including phenoxy) is 2. The molecule has 0 fully saturated rings. The molecule has 0 aliphatic carbocycles. The first-order valence-corrected chi connectivity index (χ1v) is 5.38. The molecule has 1 atom stereocenters. The van der Waals surface area contributed by atoms with Crippen molar-refractivity contribution in [3.8, 4) is 5.75 Å². The molecule has 1 aromatic carbocycles. The predicted molar refractivity (Wildman–Crippen MR) is 61.5 cm³/mol. The Hall–Kier alpha value is -1.69. The van der Waals surface area contributed by atoms with Crippen LogP contribution in [0.2, 0.25) is 0 Å². The van der Waals surface area contributed by atoms with E-state index in [2.05, 4.69) is 14.8 Å². The Labute approximate surface area is 104 Å². The van der Waals surface area contributed by atoms with Crippen molar-refractivity contribution < 1.29 is 23.0 Å². The third-order valence-electron chi connectivity index (χ3n) is 2.38. The van der Waals surface area contributed by atoms with Gasteiger partial charge in [-0.15, -0.1) is 0 Å². The number of hydrogen-bond acceptors (Lipinski definition) is 4. The SMILES string of the molecule is COC(=O)CNC(C)c1ccccc1OC(F)F. The van der Waals surface area contributed by atoms with Crippen LogP contribution < -0.4 is 10.1 Å². The van der Waals surface area contributed by atoms with Crippen LogP contribution in [-0.4, -0.2) is 26.2 Å². The number of carbonyl (C=O) groups excluding carboxylic acids is 1. The van der Waals surface area contributed by atoms with Crippen molar-refractivity contribution in [3.05, 3.63) is 29.8 Å². The highest BCUT2D eigenvalue weighted by Gasteiger charge is 2.14. The number of rotatable bonds is 6. The summed E-state index contributed by atoms with van der Waals surface area (Å²) in [5, 5.41) is 2.86. The zero-order chi connectivity index (χ0) is 13.5. The molecule has 0 aromatic heterocycles. The third kappa shape index (κ3) is 4.29. The molecule has 0 spiro atoms. The van der Waals surface area contributed by atoms with Crippen molar-refractivity contribution in [1.29, 1.82) is 0 Å². The molecule has 0 aliphatic heterocycles. The van der Waals surface area contributed by atoms with Gasteiger partial charge in [-0.3, -0.25) is 4.79 Å². The highest BCUT2D eigenvalue weighted by molar-refractivity contribution is 5.71. The second kappa shape index (κ2) is 6.90. The lowest BCUT2D eigenvalue weighted by Crippen LogP contribution is -2.27. The molecule has 0 amide bonds. The van der Waals surface area contributed by atoms with Gasteiger partial charge in [0.2, 0.25) is 0 Å². The van der Waals surface area contributed by atoms with E-state index in [0.717, 1.165) is 0 Å². The topological polar surface area (TPSA) is 47.6 Å². The van der Waals surface area contributed by atoms with Gasteiger partial charge in [-0.1, -0.05) is 18.2 Å². The van der Waals surface area contributed by atoms with Crippen LogP contribution >= 0.6 is 0 Å². The molecule has 18 heavy (non-hydrogen) atoms. The molecular weight excluding hydrogens is 244 g/mol. The van der Waals surface area contributed by atoms with Crippen molar-refractivity contribution in [2.24, 2.45) is 0 Å². The number of benzene rings is 1. The summed E-state index contributed by atoms with van der Waals surface area (Å²) in [7, 11) is 1.28. The molecule has 4 nitrogen and oxygen atoms in total. The average Bonchev–Trinajstić information content (AvgIpc) is 2.35. The zero-order valence-corrected chi connectivity index (χ0v) is 10.2. The Morgan fingerprint density at radius 3 is 2.67 bits per heavy atom. The maximum atomic E-state index is 12.2. The lowest BCUT2D eigenvalue weighted by atomic mass is 10.1. The molecule has 1 unspecified atom stereocenters. The van der Waals surface area contributed by atoms with Gasteiger partial charge in [-0.25, -0.2) is 0 Å². The molecule has 0 bridgehead atoms. The molecule has 6 heteroatoms. The molecule has 0 saturated heterocycles. The maximum Gasteiger partial charge on any atom is 0.387 e. The number of halogens is 2. The Bertz CT molecular complexity index is 399. The second-order valence-electron chi connectivity index (χ2n) is 3.60. The van der Waals surface area contributed by atoms with Gasteiger partial charge in [0.15, 0.2) is 0 Å². The van der Waals surface area contributed by atoms with E-state index >= 15 is 0 Å². The smallest absolute Gasteiger partial charge is 0.387 e. The van der Waals surface area contributed by atoms with Crippen molar-refractivity contribution >= 4 is 5.97 Å². The van der Waals surface area contributed by atoms with E-state index in [1.807, 2.05) is 0 Å². The van der Waals surface area contributed by atoms with E-state index in [4.69, 9.17) is 0 Å². The predicted octanol–water partition coefficient (Wildman–Crippen LogP) is 2.11. The number of methoxy groups -OCH3 is 1. The van der Waals surface area contributed by atoms with E-state index in [0.29, 0.717) is 5.56 Å². The molecule has 100 valence electrons. The molecule has 1 rings (SSSR count). The second-order valence-corrected chi connectivity index (χ2v) is 3.60. The van der Waals surface area contributed by atoms with Gasteiger partial charge >= 0.3 is 12.6 Å². The normalized spacial score (nSPS) is 12.3. The molecule has 0 aliphatic rings. The highest BCUT2D eigenvalue weighted by atomic mass is 19.3. The van der Waals surface area contributed by atoms with Crippen LogP contribution in [0.15, 0.2) is 24.3 Å². The van der Waals surface area contributed by atoms with Crippen LogP contribution in [0.5, 0.6) is 5.75 Å². The minimum atomic E-state index is -2.88. The van der Waals surface area contributed by atoms with Crippen LogP contribution in [0, 0.1) is 0 Å². The molecule has 0 saturated carbocycles. The molecular formula is C12H15F2NO3. The Morgan fingerprint density at radius 1 is 1.39 bits per heavy atom. The molecule has 0 radical (unpaired) electrons. The summed E-state index contributed by atoms with van der Waals surface area (Å²) in [6, 6.07) is 6.13. The van der Waals surface area contributed by atoms with Crippen molar-refractivity contribution in [2.45, 2.75) is 19.6 Å². The highest BCUT2D eigenvalue weighted by Crippen LogP contribution is 2.26. The van der Waals surface area contributed by atoms with Crippen LogP contribution in [0.4, 0.5) is 8.78 Å². The number of carbonyl (C=O) groups is 1. The Kier molecular flexibility index (Phi) is 5.51. The van der Waals surface area contributed by atoms with E-state index in [1.165, 1.54) is 13.2 Å². The van der Waals surface area contributed by atoms with Gasteiger partial charge < -0.3 is 14.8 Å². The van der Waals surface area contributed by atoms with Gasteiger partial charge in [0.25, 0.3) is 0 Å². The van der Waals surface area contributed by atoms with E-state index in [-0.39, 0.29) is 18.3 Å². The quantitative estimate of drug-likeness (QED) is 0.795. The maximum absolute atomic E-state index is 12.2. The average molecular weight is 259 g/mol. The molecule has 1 aromatic rings. The zero-order valence-electron chi connectivity index (χ0n) is 10.2. The fourth-order valence-electron chi connectivity index (χ4n) is 1.46. The Morgan fingerprint density at radius 2 is 2.06 bits per heavy atom. The van der Waals surface area contributed by atoms with Crippen LogP contribution in [0.25, 0.3) is 0 Å². The van der Waals surface area contributed by atoms with Gasteiger partial charge in [0.05, 0.1) is 13.7 Å². The first-order valence-electron chi connectivity index (χ1n) is 5.38. The van der Waals surface area contributed by atoms with E-state index in [9.17, 15) is 13.6 Å². The summed E-state index contributed by atoms with van der Waals surface area (Å²) in [6.07, 6.45) is 0. The number of alkyl halides is 2. The number of hydrogen-bond donors (Lipinski definition) is 1. The minimum absolute atomic E-state index is 0.000674. The summed E-state index contributed by atoms with van der Waals surface area (Å²) in [6.45, 7) is -1.13. The van der Waals surface area contributed by atoms with Crippen molar-refractivity contribution in [3.63, 3.8) is 0 Å². The van der Waals surface area contributed by atoms with Crippen LogP contribution in [-0.2, 0) is 9.53 Å². The minimum Gasteiger partial charge on any atom is -0.468 e. The van der Waals surface area contributed by atoms with Crippen molar-refractivity contribution in [2.75, 3.05) is 13.7 Å². The summed E-state index contributed by atoms with van der Waals surface area (Å²) < 4.78 is 33.3. The summed E-state index contributed by atoms with van der Waals surface area (Å²) in [4.78, 5) is 11.0. The summed E-state index contributed by atoms with van der Waals surface area (Å²) in [5.41, 5.74) is 0.557. The Balaban J connectivity index is 2.72. The number of nitrogens with one attached hydrogen (secondary N) is 1.